The van der Waals surface area contributed by atoms with Gasteiger partial charge in [0.05, 0.1) is 0 Å². The van der Waals surface area contributed by atoms with Crippen LogP contribution in [0.3, 0.4) is 0 Å². The number of carbonyl (C=O) groups excluding carboxylic acids is 3. The second-order valence-electron chi connectivity index (χ2n) is 8.24. The van der Waals surface area contributed by atoms with Gasteiger partial charge in [0.15, 0.2) is 0 Å². The average molecular weight is 400 g/mol. The summed E-state index contributed by atoms with van der Waals surface area (Å²) in [5.41, 5.74) is 1.81. The van der Waals surface area contributed by atoms with E-state index in [9.17, 15) is 14.4 Å². The Morgan fingerprint density at radius 1 is 0.897 bits per heavy atom. The number of amides is 3. The zero-order valence-corrected chi connectivity index (χ0v) is 17.6. The molecule has 2 aliphatic rings. The molecule has 29 heavy (non-hydrogen) atoms. The van der Waals surface area contributed by atoms with Crippen LogP contribution in [0.1, 0.15) is 56.9 Å². The molecule has 0 atom stereocenters. The van der Waals surface area contributed by atoms with Gasteiger partial charge in [0.2, 0.25) is 17.7 Å². The van der Waals surface area contributed by atoms with Gasteiger partial charge in [-0.1, -0.05) is 30.5 Å². The molecule has 0 spiro atoms. The predicted molar refractivity (Wildman–Crippen MR) is 114 cm³/mol. The number of likely N-dealkylation sites (tertiary alicyclic amines) is 2. The van der Waals surface area contributed by atoms with Crippen LogP contribution in [0.2, 0.25) is 0 Å². The molecule has 3 amide bonds. The number of aryl methyl sites for hydroxylation is 1. The van der Waals surface area contributed by atoms with Crippen molar-refractivity contribution in [3.63, 3.8) is 0 Å². The van der Waals surface area contributed by atoms with Crippen molar-refractivity contribution >= 4 is 23.4 Å². The van der Waals surface area contributed by atoms with Crippen molar-refractivity contribution in [1.82, 2.24) is 9.80 Å². The molecule has 0 N–H and O–H groups in total. The molecule has 6 nitrogen and oxygen atoms in total. The topological polar surface area (TPSA) is 60.9 Å². The molecular weight excluding hydrogens is 366 g/mol. The van der Waals surface area contributed by atoms with E-state index >= 15 is 0 Å². The monoisotopic (exact) mass is 399 g/mol. The minimum absolute atomic E-state index is 0.0161. The molecule has 0 unspecified atom stereocenters. The van der Waals surface area contributed by atoms with Gasteiger partial charge in [-0.05, 0) is 51.2 Å². The summed E-state index contributed by atoms with van der Waals surface area (Å²) in [6.07, 6.45) is 7.68. The van der Waals surface area contributed by atoms with Gasteiger partial charge in [-0.3, -0.25) is 14.4 Å². The largest absolute Gasteiger partial charge is 0.341 e. The van der Waals surface area contributed by atoms with Gasteiger partial charge in [0.1, 0.15) is 13.1 Å². The number of hydrogen-bond donors (Lipinski definition) is 0. The van der Waals surface area contributed by atoms with E-state index in [0.717, 1.165) is 63.6 Å². The fraction of sp³-hybridized carbons (Fsp3) is 0.609. The lowest BCUT2D eigenvalue weighted by Crippen LogP contribution is -2.48. The van der Waals surface area contributed by atoms with Gasteiger partial charge in [-0.15, -0.1) is 0 Å². The maximum absolute atomic E-state index is 13.2. The molecule has 0 saturated carbocycles. The molecule has 158 valence electrons. The van der Waals surface area contributed by atoms with E-state index in [0.29, 0.717) is 18.7 Å². The molecule has 0 aliphatic carbocycles. The van der Waals surface area contributed by atoms with Gasteiger partial charge in [-0.2, -0.15) is 0 Å². The maximum atomic E-state index is 13.2. The van der Waals surface area contributed by atoms with E-state index in [4.69, 9.17) is 0 Å². The molecule has 2 fully saturated rings. The van der Waals surface area contributed by atoms with Crippen LogP contribution in [-0.4, -0.2) is 60.2 Å². The third kappa shape index (κ3) is 6.05. The molecule has 2 aliphatic heterocycles. The summed E-state index contributed by atoms with van der Waals surface area (Å²) in [6, 6.07) is 7.66. The fourth-order valence-corrected chi connectivity index (χ4v) is 4.06. The summed E-state index contributed by atoms with van der Waals surface area (Å²) < 4.78 is 0. The molecular formula is C23H33N3O3. The van der Waals surface area contributed by atoms with Crippen molar-refractivity contribution in [2.24, 2.45) is 0 Å². The lowest BCUT2D eigenvalue weighted by Gasteiger charge is -2.32. The highest BCUT2D eigenvalue weighted by atomic mass is 16.2. The number of nitrogens with zero attached hydrogens (tertiary/aromatic N) is 3. The first-order valence-corrected chi connectivity index (χ1v) is 11.0. The van der Waals surface area contributed by atoms with Crippen molar-refractivity contribution in [2.75, 3.05) is 37.6 Å². The van der Waals surface area contributed by atoms with Crippen LogP contribution < -0.4 is 4.90 Å². The summed E-state index contributed by atoms with van der Waals surface area (Å²) in [6.45, 7) is 4.21. The van der Waals surface area contributed by atoms with Crippen LogP contribution >= 0.6 is 0 Å². The number of carbonyl (C=O) groups is 3. The number of benzene rings is 1. The molecule has 6 heteroatoms. The standard InChI is InChI=1S/C23H33N3O3/c1-19-10-12-20(13-11-19)26(18-22(28)24-14-7-4-8-15-24)23(29)17-25-16-6-3-2-5-9-21(25)27/h10-13H,2-9,14-18H2,1H3. The number of piperidine rings is 1. The van der Waals surface area contributed by atoms with Crippen LogP contribution in [0.4, 0.5) is 5.69 Å². The Hall–Kier alpha value is -2.37. The molecule has 2 heterocycles. The highest BCUT2D eigenvalue weighted by Gasteiger charge is 2.26. The van der Waals surface area contributed by atoms with E-state index in [1.807, 2.05) is 36.1 Å². The summed E-state index contributed by atoms with van der Waals surface area (Å²) in [5, 5.41) is 0. The molecule has 3 rings (SSSR count). The highest BCUT2D eigenvalue weighted by molar-refractivity contribution is 6.01. The van der Waals surface area contributed by atoms with Gasteiger partial charge in [0.25, 0.3) is 0 Å². The van der Waals surface area contributed by atoms with Gasteiger partial charge in [0, 0.05) is 31.7 Å². The Balaban J connectivity index is 1.74. The normalized spacial score (nSPS) is 18.2. The van der Waals surface area contributed by atoms with Gasteiger partial charge < -0.3 is 14.7 Å². The molecule has 1 aromatic carbocycles. The third-order valence-electron chi connectivity index (χ3n) is 5.90. The first-order chi connectivity index (χ1) is 14.0. The third-order valence-corrected chi connectivity index (χ3v) is 5.90. The second-order valence-corrected chi connectivity index (χ2v) is 8.24. The Labute approximate surface area is 173 Å². The van der Waals surface area contributed by atoms with Crippen LogP contribution in [0.5, 0.6) is 0 Å². The highest BCUT2D eigenvalue weighted by Crippen LogP contribution is 2.18. The first-order valence-electron chi connectivity index (χ1n) is 11.0. The van der Waals surface area contributed by atoms with E-state index < -0.39 is 0 Å². The number of rotatable bonds is 5. The van der Waals surface area contributed by atoms with Crippen LogP contribution in [0, 0.1) is 6.92 Å². The van der Waals surface area contributed by atoms with Crippen molar-refractivity contribution in [2.45, 2.75) is 58.3 Å². The molecule has 0 aromatic heterocycles. The van der Waals surface area contributed by atoms with Crippen molar-refractivity contribution in [3.8, 4) is 0 Å². The fourth-order valence-electron chi connectivity index (χ4n) is 4.06. The summed E-state index contributed by atoms with van der Waals surface area (Å²) >= 11 is 0. The second kappa shape index (κ2) is 10.4. The van der Waals surface area contributed by atoms with Crippen molar-refractivity contribution in [1.29, 1.82) is 0 Å². The Morgan fingerprint density at radius 2 is 1.52 bits per heavy atom. The summed E-state index contributed by atoms with van der Waals surface area (Å²) in [5.74, 6) is -0.157. The smallest absolute Gasteiger partial charge is 0.247 e. The molecule has 1 aromatic rings. The van der Waals surface area contributed by atoms with E-state index in [-0.39, 0.29) is 30.8 Å². The van der Waals surface area contributed by atoms with E-state index in [2.05, 4.69) is 0 Å². The Kier molecular flexibility index (Phi) is 7.67. The number of anilines is 1. The Morgan fingerprint density at radius 3 is 2.24 bits per heavy atom. The minimum Gasteiger partial charge on any atom is -0.341 e. The molecule has 2 saturated heterocycles. The quantitative estimate of drug-likeness (QED) is 0.764. The number of hydrogen-bond acceptors (Lipinski definition) is 3. The van der Waals surface area contributed by atoms with Crippen LogP contribution in [-0.2, 0) is 14.4 Å². The SMILES string of the molecule is Cc1ccc(N(CC(=O)N2CCCCC2)C(=O)CN2CCCCCCC2=O)cc1. The van der Waals surface area contributed by atoms with Crippen molar-refractivity contribution in [3.05, 3.63) is 29.8 Å². The van der Waals surface area contributed by atoms with Gasteiger partial charge in [-0.25, -0.2) is 0 Å². The summed E-state index contributed by atoms with van der Waals surface area (Å²) in [4.78, 5) is 43.6. The molecule has 0 bridgehead atoms. The predicted octanol–water partition coefficient (Wildman–Crippen LogP) is 3.13. The van der Waals surface area contributed by atoms with E-state index in [1.165, 1.54) is 0 Å². The molecule has 0 radical (unpaired) electrons. The lowest BCUT2D eigenvalue weighted by atomic mass is 10.1. The minimum atomic E-state index is -0.187. The van der Waals surface area contributed by atoms with Gasteiger partial charge >= 0.3 is 0 Å². The van der Waals surface area contributed by atoms with Crippen molar-refractivity contribution < 1.29 is 14.4 Å². The first kappa shape index (κ1) is 21.3. The van der Waals surface area contributed by atoms with Crippen LogP contribution in [0.15, 0.2) is 24.3 Å². The zero-order valence-electron chi connectivity index (χ0n) is 17.6. The van der Waals surface area contributed by atoms with Crippen LogP contribution in [0.25, 0.3) is 0 Å². The lowest BCUT2D eigenvalue weighted by molar-refractivity contribution is -0.136. The Bertz CT molecular complexity index is 711. The average Bonchev–Trinajstić information content (AvgIpc) is 2.73. The zero-order chi connectivity index (χ0) is 20.6. The summed E-state index contributed by atoms with van der Waals surface area (Å²) in [7, 11) is 0. The van der Waals surface area contributed by atoms with E-state index in [1.54, 1.807) is 9.80 Å². The maximum Gasteiger partial charge on any atom is 0.247 e.